The van der Waals surface area contributed by atoms with Crippen LogP contribution in [-0.2, 0) is 6.18 Å². The van der Waals surface area contributed by atoms with E-state index < -0.39 is 11.7 Å². The summed E-state index contributed by atoms with van der Waals surface area (Å²) in [6.07, 6.45) is 0.963. The average molecular weight is 309 g/mol. The first-order chi connectivity index (χ1) is 10.5. The van der Waals surface area contributed by atoms with Crippen molar-refractivity contribution in [3.8, 4) is 6.19 Å². The number of likely N-dealkylation sites (tertiary alicyclic amines) is 1. The molecule has 22 heavy (non-hydrogen) atoms. The van der Waals surface area contributed by atoms with Gasteiger partial charge in [0.05, 0.1) is 5.56 Å². The van der Waals surface area contributed by atoms with Gasteiger partial charge in [-0.25, -0.2) is 0 Å². The maximum atomic E-state index is 12.8. The first kappa shape index (κ1) is 15.0. The minimum absolute atomic E-state index is 0.139. The molecule has 0 aromatic heterocycles. The van der Waals surface area contributed by atoms with Crippen molar-refractivity contribution < 1.29 is 13.2 Å². The predicted molar refractivity (Wildman–Crippen MR) is 76.9 cm³/mol. The van der Waals surface area contributed by atoms with Gasteiger partial charge in [-0.15, -0.1) is 0 Å². The van der Waals surface area contributed by atoms with Crippen molar-refractivity contribution in [1.29, 1.82) is 5.26 Å². The first-order valence-corrected chi connectivity index (χ1v) is 7.56. The molecule has 1 saturated carbocycles. The van der Waals surface area contributed by atoms with E-state index in [4.69, 9.17) is 5.26 Å². The van der Waals surface area contributed by atoms with Gasteiger partial charge >= 0.3 is 6.18 Å². The molecule has 3 atom stereocenters. The number of hydrogen-bond acceptors (Lipinski definition) is 3. The number of hydrogen-bond donors (Lipinski definition) is 1. The molecule has 6 heteroatoms. The van der Waals surface area contributed by atoms with Crippen LogP contribution in [0.4, 0.5) is 18.9 Å². The molecule has 1 aliphatic carbocycles. The van der Waals surface area contributed by atoms with E-state index in [1.807, 2.05) is 0 Å². The number of halogens is 3. The molecule has 1 aliphatic heterocycles. The van der Waals surface area contributed by atoms with Gasteiger partial charge in [0.25, 0.3) is 0 Å². The Hall–Kier alpha value is -1.90. The second kappa shape index (κ2) is 5.71. The highest BCUT2D eigenvalue weighted by molar-refractivity contribution is 5.47. The summed E-state index contributed by atoms with van der Waals surface area (Å²) in [4.78, 5) is 1.77. The Kier molecular flexibility index (Phi) is 3.90. The topological polar surface area (TPSA) is 39.1 Å². The van der Waals surface area contributed by atoms with Crippen molar-refractivity contribution in [2.45, 2.75) is 31.5 Å². The highest BCUT2D eigenvalue weighted by Crippen LogP contribution is 2.38. The monoisotopic (exact) mass is 309 g/mol. The number of alkyl halides is 3. The van der Waals surface area contributed by atoms with Crippen LogP contribution in [0.1, 0.15) is 24.8 Å². The summed E-state index contributed by atoms with van der Waals surface area (Å²) in [5.74, 6) is 0.805. The third-order valence-electron chi connectivity index (χ3n) is 4.78. The number of anilines is 1. The zero-order valence-electron chi connectivity index (χ0n) is 12.1. The van der Waals surface area contributed by atoms with Crippen molar-refractivity contribution in [2.24, 2.45) is 11.8 Å². The zero-order chi connectivity index (χ0) is 15.7. The highest BCUT2D eigenvalue weighted by Gasteiger charge is 2.40. The van der Waals surface area contributed by atoms with Crippen LogP contribution in [0.2, 0.25) is 0 Å². The summed E-state index contributed by atoms with van der Waals surface area (Å²) in [6, 6.07) is 5.50. The standard InChI is InChI=1S/C16H18F3N3/c17-16(18,19)12-4-2-5-13(7-12)21-15-6-1-3-11-8-22(10-20)9-14(11)15/h2,4-5,7,11,14-15,21H,1,3,6,8-9H2. The molecule has 0 radical (unpaired) electrons. The molecule has 0 amide bonds. The van der Waals surface area contributed by atoms with Gasteiger partial charge in [0, 0.05) is 30.7 Å². The molecular formula is C16H18F3N3. The molecule has 3 rings (SSSR count). The van der Waals surface area contributed by atoms with Crippen LogP contribution in [0, 0.1) is 23.3 Å². The first-order valence-electron chi connectivity index (χ1n) is 7.56. The lowest BCUT2D eigenvalue weighted by Gasteiger charge is -2.34. The molecule has 3 nitrogen and oxygen atoms in total. The molecule has 0 bridgehead atoms. The molecular weight excluding hydrogens is 291 g/mol. The third-order valence-corrected chi connectivity index (χ3v) is 4.78. The summed E-state index contributed by atoms with van der Waals surface area (Å²) >= 11 is 0. The van der Waals surface area contributed by atoms with Crippen LogP contribution in [0.5, 0.6) is 0 Å². The molecule has 1 aromatic rings. The maximum absolute atomic E-state index is 12.8. The Balaban J connectivity index is 1.74. The quantitative estimate of drug-likeness (QED) is 0.847. The van der Waals surface area contributed by atoms with Gasteiger partial charge in [-0.1, -0.05) is 12.5 Å². The Morgan fingerprint density at radius 2 is 2.05 bits per heavy atom. The van der Waals surface area contributed by atoms with Crippen molar-refractivity contribution in [3.63, 3.8) is 0 Å². The van der Waals surface area contributed by atoms with E-state index in [0.29, 0.717) is 24.1 Å². The Morgan fingerprint density at radius 1 is 1.23 bits per heavy atom. The molecule has 1 heterocycles. The van der Waals surface area contributed by atoms with Gasteiger partial charge in [-0.05, 0) is 37.0 Å². The molecule has 2 fully saturated rings. The lowest BCUT2D eigenvalue weighted by molar-refractivity contribution is -0.137. The smallest absolute Gasteiger partial charge is 0.382 e. The summed E-state index contributed by atoms with van der Waals surface area (Å²) in [6.45, 7) is 1.49. The minimum Gasteiger partial charge on any atom is -0.382 e. The van der Waals surface area contributed by atoms with E-state index in [1.54, 1.807) is 11.0 Å². The normalized spacial score (nSPS) is 28.1. The van der Waals surface area contributed by atoms with Gasteiger partial charge in [-0.3, -0.25) is 0 Å². The third kappa shape index (κ3) is 2.99. The predicted octanol–water partition coefficient (Wildman–Crippen LogP) is 3.70. The van der Waals surface area contributed by atoms with E-state index in [0.717, 1.165) is 31.9 Å². The SMILES string of the molecule is N#CN1CC2CCCC(Nc3cccc(C(F)(F)F)c3)C2C1. The zero-order valence-corrected chi connectivity index (χ0v) is 12.1. The van der Waals surface area contributed by atoms with Crippen LogP contribution < -0.4 is 5.32 Å². The fourth-order valence-electron chi connectivity index (χ4n) is 3.73. The lowest BCUT2D eigenvalue weighted by atomic mass is 9.78. The van der Waals surface area contributed by atoms with Crippen LogP contribution in [0.3, 0.4) is 0 Å². The van der Waals surface area contributed by atoms with Crippen LogP contribution in [0.25, 0.3) is 0 Å². The van der Waals surface area contributed by atoms with Crippen LogP contribution in [-0.4, -0.2) is 24.0 Å². The van der Waals surface area contributed by atoms with Crippen LogP contribution >= 0.6 is 0 Å². The molecule has 1 N–H and O–H groups in total. The van der Waals surface area contributed by atoms with Gasteiger partial charge in [0.2, 0.25) is 0 Å². The fourth-order valence-corrected chi connectivity index (χ4v) is 3.73. The molecule has 1 aromatic carbocycles. The molecule has 2 aliphatic rings. The van der Waals surface area contributed by atoms with Crippen molar-refractivity contribution in [2.75, 3.05) is 18.4 Å². The van der Waals surface area contributed by atoms with Crippen LogP contribution in [0.15, 0.2) is 24.3 Å². The number of nitrogens with zero attached hydrogens (tertiary/aromatic N) is 2. The van der Waals surface area contributed by atoms with Crippen molar-refractivity contribution in [1.82, 2.24) is 4.90 Å². The number of rotatable bonds is 2. The summed E-state index contributed by atoms with van der Waals surface area (Å²) in [5, 5.41) is 12.3. The number of nitrogens with one attached hydrogen (secondary N) is 1. The van der Waals surface area contributed by atoms with Crippen molar-refractivity contribution in [3.05, 3.63) is 29.8 Å². The van der Waals surface area contributed by atoms with E-state index in [2.05, 4.69) is 11.5 Å². The molecule has 3 unspecified atom stereocenters. The van der Waals surface area contributed by atoms with Crippen molar-refractivity contribution >= 4 is 5.69 Å². The minimum atomic E-state index is -4.32. The fraction of sp³-hybridized carbons (Fsp3) is 0.562. The van der Waals surface area contributed by atoms with Gasteiger partial charge < -0.3 is 10.2 Å². The van der Waals surface area contributed by atoms with Gasteiger partial charge in [0.15, 0.2) is 6.19 Å². The number of fused-ring (bicyclic) bond motifs is 1. The molecule has 118 valence electrons. The van der Waals surface area contributed by atoms with E-state index >= 15 is 0 Å². The highest BCUT2D eigenvalue weighted by atomic mass is 19.4. The summed E-state index contributed by atoms with van der Waals surface area (Å²) < 4.78 is 38.4. The Bertz CT molecular complexity index is 579. The lowest BCUT2D eigenvalue weighted by Crippen LogP contribution is -2.37. The average Bonchev–Trinajstić information content (AvgIpc) is 2.91. The Morgan fingerprint density at radius 3 is 2.77 bits per heavy atom. The maximum Gasteiger partial charge on any atom is 0.416 e. The summed E-state index contributed by atoms with van der Waals surface area (Å²) in [5.41, 5.74) is -0.120. The second-order valence-electron chi connectivity index (χ2n) is 6.19. The Labute approximate surface area is 127 Å². The molecule has 1 saturated heterocycles. The largest absolute Gasteiger partial charge is 0.416 e. The van der Waals surface area contributed by atoms with E-state index in [9.17, 15) is 13.2 Å². The van der Waals surface area contributed by atoms with Gasteiger partial charge in [-0.2, -0.15) is 18.4 Å². The van der Waals surface area contributed by atoms with E-state index in [-0.39, 0.29) is 6.04 Å². The second-order valence-corrected chi connectivity index (χ2v) is 6.19. The van der Waals surface area contributed by atoms with Gasteiger partial charge in [0.1, 0.15) is 0 Å². The summed E-state index contributed by atoms with van der Waals surface area (Å²) in [7, 11) is 0. The number of benzene rings is 1. The van der Waals surface area contributed by atoms with E-state index in [1.165, 1.54) is 12.1 Å². The molecule has 0 spiro atoms. The number of nitriles is 1.